The Labute approximate surface area is 97.6 Å². The van der Waals surface area contributed by atoms with Gasteiger partial charge in [-0.05, 0) is 18.4 Å². The molecule has 0 saturated carbocycles. The molecule has 2 N–H and O–H groups in total. The SMILES string of the molecule is Cc1ccc([C@](C)(CN)[C@H](C)CCl)cc1. The zero-order valence-corrected chi connectivity index (χ0v) is 10.5. The van der Waals surface area contributed by atoms with E-state index in [-0.39, 0.29) is 5.41 Å². The molecule has 0 unspecified atom stereocenters. The van der Waals surface area contributed by atoms with Crippen LogP contribution in [0.2, 0.25) is 0 Å². The molecule has 0 aliphatic carbocycles. The first-order chi connectivity index (χ1) is 7.04. The van der Waals surface area contributed by atoms with Crippen molar-refractivity contribution in [3.8, 4) is 0 Å². The number of rotatable bonds is 4. The number of nitrogens with two attached hydrogens (primary N) is 1. The fraction of sp³-hybridized carbons (Fsp3) is 0.538. The molecule has 0 aliphatic heterocycles. The highest BCUT2D eigenvalue weighted by atomic mass is 35.5. The molecule has 2 heteroatoms. The van der Waals surface area contributed by atoms with Crippen LogP contribution in [0.25, 0.3) is 0 Å². The minimum atomic E-state index is -0.0184. The van der Waals surface area contributed by atoms with Crippen LogP contribution in [-0.2, 0) is 5.41 Å². The van der Waals surface area contributed by atoms with E-state index < -0.39 is 0 Å². The number of aryl methyl sites for hydroxylation is 1. The molecule has 0 spiro atoms. The third-order valence-electron chi connectivity index (χ3n) is 3.45. The Bertz CT molecular complexity index is 307. The highest BCUT2D eigenvalue weighted by Gasteiger charge is 2.30. The lowest BCUT2D eigenvalue weighted by Crippen LogP contribution is -2.39. The quantitative estimate of drug-likeness (QED) is 0.784. The lowest BCUT2D eigenvalue weighted by Gasteiger charge is -2.34. The molecule has 1 aromatic rings. The summed E-state index contributed by atoms with van der Waals surface area (Å²) in [6.45, 7) is 7.06. The Balaban J connectivity index is 3.05. The van der Waals surface area contributed by atoms with Gasteiger partial charge in [0, 0.05) is 17.8 Å². The average molecular weight is 226 g/mol. The highest BCUT2D eigenvalue weighted by Crippen LogP contribution is 2.31. The van der Waals surface area contributed by atoms with Crippen LogP contribution in [0.4, 0.5) is 0 Å². The van der Waals surface area contributed by atoms with E-state index in [9.17, 15) is 0 Å². The maximum absolute atomic E-state index is 5.94. The summed E-state index contributed by atoms with van der Waals surface area (Å²) in [6, 6.07) is 8.57. The molecular formula is C13H20ClN. The summed E-state index contributed by atoms with van der Waals surface area (Å²) in [4.78, 5) is 0. The second kappa shape index (κ2) is 5.00. The normalized spacial score (nSPS) is 17.1. The standard InChI is InChI=1S/C13H20ClN/c1-10-4-6-12(7-5-10)13(3,9-15)11(2)8-14/h4-7,11H,8-9,15H2,1-3H3/t11-,13-/m1/s1. The van der Waals surface area contributed by atoms with Gasteiger partial charge < -0.3 is 5.73 Å². The van der Waals surface area contributed by atoms with Crippen molar-refractivity contribution in [1.82, 2.24) is 0 Å². The van der Waals surface area contributed by atoms with Gasteiger partial charge in [-0.3, -0.25) is 0 Å². The van der Waals surface area contributed by atoms with E-state index in [1.807, 2.05) is 0 Å². The molecule has 1 rings (SSSR count). The van der Waals surface area contributed by atoms with Crippen molar-refractivity contribution in [2.24, 2.45) is 11.7 Å². The third kappa shape index (κ3) is 2.53. The molecule has 15 heavy (non-hydrogen) atoms. The fourth-order valence-electron chi connectivity index (χ4n) is 1.71. The van der Waals surface area contributed by atoms with Gasteiger partial charge in [0.1, 0.15) is 0 Å². The Hall–Kier alpha value is -0.530. The first-order valence-electron chi connectivity index (χ1n) is 5.37. The van der Waals surface area contributed by atoms with Crippen LogP contribution < -0.4 is 5.73 Å². The van der Waals surface area contributed by atoms with Crippen molar-refractivity contribution in [2.45, 2.75) is 26.2 Å². The van der Waals surface area contributed by atoms with Crippen LogP contribution >= 0.6 is 11.6 Å². The van der Waals surface area contributed by atoms with E-state index in [4.69, 9.17) is 17.3 Å². The number of hydrogen-bond donors (Lipinski definition) is 1. The maximum Gasteiger partial charge on any atom is 0.0258 e. The summed E-state index contributed by atoms with van der Waals surface area (Å²) in [6.07, 6.45) is 0. The Morgan fingerprint density at radius 1 is 1.33 bits per heavy atom. The highest BCUT2D eigenvalue weighted by molar-refractivity contribution is 6.18. The molecule has 0 aromatic heterocycles. The van der Waals surface area contributed by atoms with Gasteiger partial charge >= 0.3 is 0 Å². The molecule has 0 amide bonds. The first kappa shape index (κ1) is 12.5. The van der Waals surface area contributed by atoms with Gasteiger partial charge in [0.05, 0.1) is 0 Å². The van der Waals surface area contributed by atoms with E-state index in [1.165, 1.54) is 11.1 Å². The number of hydrogen-bond acceptors (Lipinski definition) is 1. The predicted octanol–water partition coefficient (Wildman–Crippen LogP) is 3.09. The number of benzene rings is 1. The summed E-state index contributed by atoms with van der Waals surface area (Å²) < 4.78 is 0. The van der Waals surface area contributed by atoms with Crippen LogP contribution in [-0.4, -0.2) is 12.4 Å². The van der Waals surface area contributed by atoms with E-state index in [0.717, 1.165) is 0 Å². The average Bonchev–Trinajstić information content (AvgIpc) is 2.27. The summed E-state index contributed by atoms with van der Waals surface area (Å²) in [7, 11) is 0. The van der Waals surface area contributed by atoms with Crippen molar-refractivity contribution < 1.29 is 0 Å². The maximum atomic E-state index is 5.94. The third-order valence-corrected chi connectivity index (χ3v) is 3.92. The zero-order valence-electron chi connectivity index (χ0n) is 9.76. The zero-order chi connectivity index (χ0) is 11.5. The largest absolute Gasteiger partial charge is 0.330 e. The molecule has 0 radical (unpaired) electrons. The van der Waals surface area contributed by atoms with Gasteiger partial charge in [-0.2, -0.15) is 0 Å². The molecule has 0 aliphatic rings. The van der Waals surface area contributed by atoms with Crippen molar-refractivity contribution in [2.75, 3.05) is 12.4 Å². The van der Waals surface area contributed by atoms with Crippen LogP contribution in [0.1, 0.15) is 25.0 Å². The molecule has 0 fully saturated rings. The predicted molar refractivity (Wildman–Crippen MR) is 67.5 cm³/mol. The van der Waals surface area contributed by atoms with Crippen LogP contribution in [0.3, 0.4) is 0 Å². The molecule has 1 aromatic carbocycles. The fourth-order valence-corrected chi connectivity index (χ4v) is 2.05. The Morgan fingerprint density at radius 3 is 2.27 bits per heavy atom. The summed E-state index contributed by atoms with van der Waals surface area (Å²) >= 11 is 5.94. The van der Waals surface area contributed by atoms with Gasteiger partial charge in [-0.25, -0.2) is 0 Å². The van der Waals surface area contributed by atoms with Gasteiger partial charge in [0.15, 0.2) is 0 Å². The Kier molecular flexibility index (Phi) is 4.18. The van der Waals surface area contributed by atoms with Gasteiger partial charge in [0.2, 0.25) is 0 Å². The van der Waals surface area contributed by atoms with Crippen LogP contribution in [0, 0.1) is 12.8 Å². The van der Waals surface area contributed by atoms with E-state index in [0.29, 0.717) is 18.3 Å². The molecular weight excluding hydrogens is 206 g/mol. The molecule has 0 bridgehead atoms. The topological polar surface area (TPSA) is 26.0 Å². The van der Waals surface area contributed by atoms with Gasteiger partial charge in [-0.1, -0.05) is 43.7 Å². The molecule has 0 heterocycles. The van der Waals surface area contributed by atoms with Crippen molar-refractivity contribution >= 4 is 11.6 Å². The minimum absolute atomic E-state index is 0.0184. The first-order valence-corrected chi connectivity index (χ1v) is 5.91. The van der Waals surface area contributed by atoms with Crippen LogP contribution in [0.15, 0.2) is 24.3 Å². The Morgan fingerprint density at radius 2 is 1.87 bits per heavy atom. The monoisotopic (exact) mass is 225 g/mol. The second-order valence-electron chi connectivity index (χ2n) is 4.54. The molecule has 0 saturated heterocycles. The minimum Gasteiger partial charge on any atom is -0.330 e. The van der Waals surface area contributed by atoms with E-state index >= 15 is 0 Å². The number of halogens is 1. The van der Waals surface area contributed by atoms with E-state index in [2.05, 4.69) is 45.0 Å². The molecule has 84 valence electrons. The van der Waals surface area contributed by atoms with Crippen molar-refractivity contribution in [3.63, 3.8) is 0 Å². The van der Waals surface area contributed by atoms with Crippen LogP contribution in [0.5, 0.6) is 0 Å². The summed E-state index contributed by atoms with van der Waals surface area (Å²) in [5.41, 5.74) is 8.43. The van der Waals surface area contributed by atoms with Crippen molar-refractivity contribution in [1.29, 1.82) is 0 Å². The van der Waals surface area contributed by atoms with Crippen molar-refractivity contribution in [3.05, 3.63) is 35.4 Å². The number of alkyl halides is 1. The summed E-state index contributed by atoms with van der Waals surface area (Å²) in [5, 5.41) is 0. The van der Waals surface area contributed by atoms with Gasteiger partial charge in [-0.15, -0.1) is 11.6 Å². The second-order valence-corrected chi connectivity index (χ2v) is 4.85. The smallest absolute Gasteiger partial charge is 0.0258 e. The van der Waals surface area contributed by atoms with Gasteiger partial charge in [0.25, 0.3) is 0 Å². The summed E-state index contributed by atoms with van der Waals surface area (Å²) in [5.74, 6) is 1.02. The molecule has 1 nitrogen and oxygen atoms in total. The lowest BCUT2D eigenvalue weighted by atomic mass is 9.73. The van der Waals surface area contributed by atoms with E-state index in [1.54, 1.807) is 0 Å². The lowest BCUT2D eigenvalue weighted by molar-refractivity contribution is 0.351. The molecule has 2 atom stereocenters.